The molecule has 3 rings (SSSR count). The van der Waals surface area contributed by atoms with E-state index in [9.17, 15) is 9.18 Å². The van der Waals surface area contributed by atoms with Gasteiger partial charge in [-0.05, 0) is 29.3 Å². The van der Waals surface area contributed by atoms with Gasteiger partial charge < -0.3 is 10.6 Å². The van der Waals surface area contributed by atoms with Crippen LogP contribution in [0.4, 0.5) is 10.1 Å². The fraction of sp³-hybridized carbons (Fsp3) is 0.133. The van der Waals surface area contributed by atoms with E-state index >= 15 is 0 Å². The molecular weight excluding hydrogens is 243 g/mol. The van der Waals surface area contributed by atoms with E-state index in [1.165, 1.54) is 18.2 Å². The van der Waals surface area contributed by atoms with Crippen molar-refractivity contribution in [1.29, 1.82) is 0 Å². The van der Waals surface area contributed by atoms with Crippen LogP contribution in [0.1, 0.15) is 21.5 Å². The second kappa shape index (κ2) is 4.39. The normalized spacial score (nSPS) is 13.4. The van der Waals surface area contributed by atoms with Crippen LogP contribution in [0.3, 0.4) is 0 Å². The zero-order valence-corrected chi connectivity index (χ0v) is 10.3. The molecule has 96 valence electrons. The van der Waals surface area contributed by atoms with Crippen LogP contribution in [0.15, 0.2) is 42.5 Å². The molecule has 0 aromatic heterocycles. The fourth-order valence-corrected chi connectivity index (χ4v) is 2.40. The first-order chi connectivity index (χ1) is 9.13. The molecule has 1 aliphatic rings. The first-order valence-electron chi connectivity index (χ1n) is 6.05. The van der Waals surface area contributed by atoms with E-state index in [1.54, 1.807) is 4.90 Å². The monoisotopic (exact) mass is 256 g/mol. The fourth-order valence-electron chi connectivity index (χ4n) is 2.40. The van der Waals surface area contributed by atoms with E-state index in [1.807, 2.05) is 24.3 Å². The van der Waals surface area contributed by atoms with Gasteiger partial charge in [0.15, 0.2) is 0 Å². The van der Waals surface area contributed by atoms with Gasteiger partial charge in [-0.2, -0.15) is 0 Å². The number of halogens is 1. The largest absolute Gasteiger partial charge is 0.399 e. The standard InChI is InChI=1S/C15H13FN2O/c16-13-5-12(6-14(17)7-13)15(19)18-8-10-3-1-2-4-11(10)9-18/h1-7H,8-9,17H2. The van der Waals surface area contributed by atoms with Crippen LogP contribution in [-0.2, 0) is 13.1 Å². The molecule has 0 aliphatic carbocycles. The number of hydrogen-bond donors (Lipinski definition) is 1. The third kappa shape index (κ3) is 2.17. The lowest BCUT2D eigenvalue weighted by atomic mass is 10.1. The summed E-state index contributed by atoms with van der Waals surface area (Å²) in [5, 5.41) is 0. The number of amides is 1. The Morgan fingerprint density at radius 3 is 2.32 bits per heavy atom. The number of hydrogen-bond acceptors (Lipinski definition) is 2. The lowest BCUT2D eigenvalue weighted by molar-refractivity contribution is 0.0751. The number of carbonyl (C=O) groups excluding carboxylic acids is 1. The van der Waals surface area contributed by atoms with Crippen LogP contribution in [0.5, 0.6) is 0 Å². The van der Waals surface area contributed by atoms with Crippen LogP contribution in [-0.4, -0.2) is 10.8 Å². The van der Waals surface area contributed by atoms with E-state index in [0.29, 0.717) is 18.7 Å². The molecule has 1 amide bonds. The van der Waals surface area contributed by atoms with Crippen molar-refractivity contribution < 1.29 is 9.18 Å². The van der Waals surface area contributed by atoms with Crippen molar-refractivity contribution in [2.75, 3.05) is 5.73 Å². The highest BCUT2D eigenvalue weighted by Crippen LogP contribution is 2.24. The molecule has 1 aliphatic heterocycles. The molecule has 1 heterocycles. The van der Waals surface area contributed by atoms with Gasteiger partial charge in [0.2, 0.25) is 0 Å². The summed E-state index contributed by atoms with van der Waals surface area (Å²) in [6, 6.07) is 11.8. The third-order valence-electron chi connectivity index (χ3n) is 3.30. The molecule has 0 bridgehead atoms. The highest BCUT2D eigenvalue weighted by molar-refractivity contribution is 5.95. The Labute approximate surface area is 110 Å². The van der Waals surface area contributed by atoms with Gasteiger partial charge in [0.1, 0.15) is 5.82 Å². The predicted molar refractivity (Wildman–Crippen MR) is 70.8 cm³/mol. The summed E-state index contributed by atoms with van der Waals surface area (Å²) in [5.74, 6) is -0.678. The maximum absolute atomic E-state index is 13.3. The molecule has 4 heteroatoms. The van der Waals surface area contributed by atoms with Crippen molar-refractivity contribution >= 4 is 11.6 Å². The van der Waals surface area contributed by atoms with Gasteiger partial charge in [-0.25, -0.2) is 4.39 Å². The van der Waals surface area contributed by atoms with Gasteiger partial charge >= 0.3 is 0 Å². The van der Waals surface area contributed by atoms with E-state index in [-0.39, 0.29) is 11.6 Å². The summed E-state index contributed by atoms with van der Waals surface area (Å²) in [6.45, 7) is 1.12. The molecule has 0 saturated heterocycles. The van der Waals surface area contributed by atoms with Crippen LogP contribution < -0.4 is 5.73 Å². The number of nitrogen functional groups attached to an aromatic ring is 1. The number of anilines is 1. The molecular formula is C15H13FN2O. The first-order valence-corrected chi connectivity index (χ1v) is 6.05. The Morgan fingerprint density at radius 1 is 1.11 bits per heavy atom. The minimum Gasteiger partial charge on any atom is -0.399 e. The average molecular weight is 256 g/mol. The summed E-state index contributed by atoms with van der Waals surface area (Å²) < 4.78 is 13.3. The van der Waals surface area contributed by atoms with Crippen molar-refractivity contribution in [1.82, 2.24) is 4.90 Å². The summed E-state index contributed by atoms with van der Waals surface area (Å²) in [4.78, 5) is 14.0. The molecule has 19 heavy (non-hydrogen) atoms. The predicted octanol–water partition coefficient (Wildman–Crippen LogP) is 2.56. The smallest absolute Gasteiger partial charge is 0.254 e. The summed E-state index contributed by atoms with van der Waals surface area (Å²) in [5.41, 5.74) is 8.41. The number of fused-ring (bicyclic) bond motifs is 1. The van der Waals surface area contributed by atoms with E-state index < -0.39 is 5.82 Å². The summed E-state index contributed by atoms with van der Waals surface area (Å²) in [7, 11) is 0. The molecule has 0 fully saturated rings. The Hall–Kier alpha value is -2.36. The molecule has 0 atom stereocenters. The Bertz CT molecular complexity index is 609. The molecule has 0 spiro atoms. The third-order valence-corrected chi connectivity index (χ3v) is 3.30. The molecule has 0 unspecified atom stereocenters. The SMILES string of the molecule is Nc1cc(F)cc(C(=O)N2Cc3ccccc3C2)c1. The van der Waals surface area contributed by atoms with E-state index in [2.05, 4.69) is 0 Å². The zero-order valence-electron chi connectivity index (χ0n) is 10.3. The lowest BCUT2D eigenvalue weighted by Crippen LogP contribution is -2.25. The molecule has 2 aromatic carbocycles. The highest BCUT2D eigenvalue weighted by Gasteiger charge is 2.24. The Morgan fingerprint density at radius 2 is 1.74 bits per heavy atom. The Kier molecular flexibility index (Phi) is 2.71. The lowest BCUT2D eigenvalue weighted by Gasteiger charge is -2.15. The number of carbonyl (C=O) groups is 1. The van der Waals surface area contributed by atoms with Crippen LogP contribution in [0.25, 0.3) is 0 Å². The minimum atomic E-state index is -0.486. The van der Waals surface area contributed by atoms with E-state index in [4.69, 9.17) is 5.73 Å². The van der Waals surface area contributed by atoms with Crippen molar-refractivity contribution in [3.8, 4) is 0 Å². The van der Waals surface area contributed by atoms with Crippen LogP contribution >= 0.6 is 0 Å². The zero-order chi connectivity index (χ0) is 13.4. The maximum Gasteiger partial charge on any atom is 0.254 e. The van der Waals surface area contributed by atoms with Gasteiger partial charge in [-0.1, -0.05) is 24.3 Å². The van der Waals surface area contributed by atoms with Gasteiger partial charge in [-0.3, -0.25) is 4.79 Å². The van der Waals surface area contributed by atoms with Crippen molar-refractivity contribution in [3.05, 3.63) is 65.0 Å². The second-order valence-electron chi connectivity index (χ2n) is 4.70. The van der Waals surface area contributed by atoms with Gasteiger partial charge in [-0.15, -0.1) is 0 Å². The molecule has 0 radical (unpaired) electrons. The maximum atomic E-state index is 13.3. The second-order valence-corrected chi connectivity index (χ2v) is 4.70. The van der Waals surface area contributed by atoms with Crippen LogP contribution in [0.2, 0.25) is 0 Å². The van der Waals surface area contributed by atoms with Gasteiger partial charge in [0.05, 0.1) is 0 Å². The quantitative estimate of drug-likeness (QED) is 0.797. The van der Waals surface area contributed by atoms with Crippen molar-refractivity contribution in [2.45, 2.75) is 13.1 Å². The summed E-state index contributed by atoms with van der Waals surface area (Å²) >= 11 is 0. The number of nitrogens with two attached hydrogens (primary N) is 1. The van der Waals surface area contributed by atoms with Crippen molar-refractivity contribution in [3.63, 3.8) is 0 Å². The van der Waals surface area contributed by atoms with E-state index in [0.717, 1.165) is 11.1 Å². The Balaban J connectivity index is 1.87. The van der Waals surface area contributed by atoms with Crippen molar-refractivity contribution in [2.24, 2.45) is 0 Å². The molecule has 2 aromatic rings. The molecule has 3 nitrogen and oxygen atoms in total. The van der Waals surface area contributed by atoms with Crippen LogP contribution in [0, 0.1) is 5.82 Å². The number of nitrogens with zero attached hydrogens (tertiary/aromatic N) is 1. The number of rotatable bonds is 1. The molecule has 0 saturated carbocycles. The molecule has 2 N–H and O–H groups in total. The van der Waals surface area contributed by atoms with Gasteiger partial charge in [0.25, 0.3) is 5.91 Å². The highest BCUT2D eigenvalue weighted by atomic mass is 19.1. The first kappa shape index (κ1) is 11.7. The van der Waals surface area contributed by atoms with Gasteiger partial charge in [0, 0.05) is 24.3 Å². The average Bonchev–Trinajstić information content (AvgIpc) is 2.80. The number of benzene rings is 2. The minimum absolute atomic E-state index is 0.192. The topological polar surface area (TPSA) is 46.3 Å². The summed E-state index contributed by atoms with van der Waals surface area (Å²) in [6.07, 6.45) is 0.